The SMILES string of the molecule is CC(C)(C)c1ccnc(-n2c3[c-]c(Oc4[c-]c5c(cc4)c4ccccc4n4c6c(nc54)-c4ccccc4-c4ccccc4-c4ccccc4-6)ccc3c3ccccc32)c1.[Pt+2]. The molecule has 0 amide bonds. The number of ether oxygens (including phenoxy) is 1. The molecule has 0 spiro atoms. The number of imidazole rings is 1. The number of nitrogens with zero attached hydrogens (tertiary/aromatic N) is 4. The van der Waals surface area contributed by atoms with Crippen LogP contribution in [0.1, 0.15) is 26.3 Å². The Hall–Kier alpha value is -6.81. The van der Waals surface area contributed by atoms with Gasteiger partial charge in [-0.25, -0.2) is 4.98 Å². The van der Waals surface area contributed by atoms with Crippen molar-refractivity contribution in [2.75, 3.05) is 0 Å². The summed E-state index contributed by atoms with van der Waals surface area (Å²) in [6.45, 7) is 6.68. The molecule has 0 N–H and O–H groups in total. The number of pyridine rings is 2. The van der Waals surface area contributed by atoms with Crippen molar-refractivity contribution in [3.05, 3.63) is 182 Å². The zero-order valence-corrected chi connectivity index (χ0v) is 35.4. The van der Waals surface area contributed by atoms with E-state index in [0.29, 0.717) is 11.5 Å². The van der Waals surface area contributed by atoms with E-state index in [0.717, 1.165) is 83.0 Å². The Labute approximate surface area is 361 Å². The number of fused-ring (bicyclic) bond motifs is 18. The predicted molar refractivity (Wildman–Crippen MR) is 241 cm³/mol. The van der Waals surface area contributed by atoms with Gasteiger partial charge in [0.2, 0.25) is 0 Å². The molecule has 4 heterocycles. The number of para-hydroxylation sites is 2. The van der Waals surface area contributed by atoms with Gasteiger partial charge < -0.3 is 13.7 Å². The minimum atomic E-state index is -0.0264. The Morgan fingerprint density at radius 3 is 1.78 bits per heavy atom. The van der Waals surface area contributed by atoms with E-state index in [-0.39, 0.29) is 26.5 Å². The van der Waals surface area contributed by atoms with Crippen molar-refractivity contribution in [3.8, 4) is 62.1 Å². The Balaban J connectivity index is 0.00000408. The molecule has 1 aliphatic carbocycles. The molecule has 1 aliphatic rings. The summed E-state index contributed by atoms with van der Waals surface area (Å²) in [6.07, 6.45) is 1.90. The third kappa shape index (κ3) is 5.42. The van der Waals surface area contributed by atoms with Gasteiger partial charge in [-0.1, -0.05) is 152 Å². The minimum Gasteiger partial charge on any atom is -0.503 e. The van der Waals surface area contributed by atoms with E-state index in [1.54, 1.807) is 0 Å². The second-order valence-corrected chi connectivity index (χ2v) is 16.4. The Morgan fingerprint density at radius 2 is 1.08 bits per heavy atom. The van der Waals surface area contributed by atoms with Gasteiger partial charge in [-0.2, -0.15) is 6.07 Å². The van der Waals surface area contributed by atoms with Gasteiger partial charge >= 0.3 is 21.1 Å². The van der Waals surface area contributed by atoms with Crippen LogP contribution in [0.15, 0.2) is 164 Å². The van der Waals surface area contributed by atoms with Crippen LogP contribution in [0.2, 0.25) is 0 Å². The second kappa shape index (κ2) is 13.6. The molecule has 60 heavy (non-hydrogen) atoms. The van der Waals surface area contributed by atoms with E-state index >= 15 is 0 Å². The van der Waals surface area contributed by atoms with Crippen LogP contribution < -0.4 is 4.74 Å². The molecule has 0 fully saturated rings. The smallest absolute Gasteiger partial charge is 0.503 e. The molecule has 288 valence electrons. The summed E-state index contributed by atoms with van der Waals surface area (Å²) in [5.74, 6) is 2.03. The van der Waals surface area contributed by atoms with Gasteiger partial charge in [-0.05, 0) is 68.3 Å². The van der Waals surface area contributed by atoms with Crippen molar-refractivity contribution in [2.45, 2.75) is 26.2 Å². The van der Waals surface area contributed by atoms with Crippen LogP contribution in [-0.2, 0) is 26.5 Å². The molecule has 0 aliphatic heterocycles. The molecule has 4 aromatic heterocycles. The molecule has 0 saturated carbocycles. The number of benzene rings is 7. The fourth-order valence-corrected chi connectivity index (χ4v) is 9.19. The van der Waals surface area contributed by atoms with Gasteiger partial charge in [-0.15, -0.1) is 29.7 Å². The van der Waals surface area contributed by atoms with Gasteiger partial charge in [0.1, 0.15) is 5.82 Å². The van der Waals surface area contributed by atoms with Crippen molar-refractivity contribution in [3.63, 3.8) is 0 Å². The van der Waals surface area contributed by atoms with Gasteiger partial charge in [0.15, 0.2) is 0 Å². The third-order valence-electron chi connectivity index (χ3n) is 11.9. The molecule has 0 bridgehead atoms. The second-order valence-electron chi connectivity index (χ2n) is 16.4. The van der Waals surface area contributed by atoms with Crippen LogP contribution >= 0.6 is 0 Å². The van der Waals surface area contributed by atoms with Gasteiger partial charge in [-0.3, -0.25) is 4.98 Å². The molecule has 0 unspecified atom stereocenters. The van der Waals surface area contributed by atoms with E-state index in [9.17, 15) is 0 Å². The van der Waals surface area contributed by atoms with E-state index < -0.39 is 0 Å². The van der Waals surface area contributed by atoms with Crippen molar-refractivity contribution in [1.29, 1.82) is 0 Å². The maximum atomic E-state index is 6.74. The van der Waals surface area contributed by atoms with Crippen LogP contribution in [0.3, 0.4) is 0 Å². The molecule has 11 aromatic rings. The minimum absolute atomic E-state index is 0. The molecule has 7 aromatic carbocycles. The summed E-state index contributed by atoms with van der Waals surface area (Å²) in [4.78, 5) is 10.5. The summed E-state index contributed by atoms with van der Waals surface area (Å²) < 4.78 is 11.3. The van der Waals surface area contributed by atoms with Crippen molar-refractivity contribution < 1.29 is 25.8 Å². The molecule has 12 rings (SSSR count). The van der Waals surface area contributed by atoms with Crippen LogP contribution in [0.4, 0.5) is 0 Å². The summed E-state index contributed by atoms with van der Waals surface area (Å²) in [5, 5.41) is 5.30. The van der Waals surface area contributed by atoms with Crippen LogP contribution in [0.25, 0.3) is 99.7 Å². The number of aromatic nitrogens is 4. The van der Waals surface area contributed by atoms with Gasteiger partial charge in [0.25, 0.3) is 0 Å². The first-order valence-electron chi connectivity index (χ1n) is 20.1. The van der Waals surface area contributed by atoms with Crippen molar-refractivity contribution >= 4 is 49.1 Å². The summed E-state index contributed by atoms with van der Waals surface area (Å²) >= 11 is 0. The fraction of sp³-hybridized carbons (Fsp3) is 0.0741. The third-order valence-corrected chi connectivity index (χ3v) is 11.9. The molecular weight excluding hydrogens is 916 g/mol. The number of rotatable bonds is 3. The molecule has 0 saturated heterocycles. The van der Waals surface area contributed by atoms with Crippen LogP contribution in [0, 0.1) is 12.1 Å². The summed E-state index contributed by atoms with van der Waals surface area (Å²) in [6, 6.07) is 63.1. The summed E-state index contributed by atoms with van der Waals surface area (Å²) in [5.41, 5.74) is 14.0. The average Bonchev–Trinajstić information content (AvgIpc) is 3.82. The van der Waals surface area contributed by atoms with Gasteiger partial charge in [0, 0.05) is 39.9 Å². The number of hydrogen-bond acceptors (Lipinski definition) is 3. The average molecular weight is 952 g/mol. The van der Waals surface area contributed by atoms with Gasteiger partial charge in [0.05, 0.1) is 17.0 Å². The quantitative estimate of drug-likeness (QED) is 0.131. The fourth-order valence-electron chi connectivity index (χ4n) is 9.19. The Kier molecular flexibility index (Phi) is 8.24. The van der Waals surface area contributed by atoms with Crippen LogP contribution in [0.5, 0.6) is 11.5 Å². The van der Waals surface area contributed by atoms with E-state index in [1.807, 2.05) is 18.3 Å². The first kappa shape index (κ1) is 36.3. The maximum Gasteiger partial charge on any atom is 2.00 e. The standard InChI is InChI=1S/C54H36N4O.Pt/c1-54(2,3)33-28-29-55-50(30-33)57-47-22-12-11-19-42(47)43-27-25-35(32-49(43)57)59-34-24-26-40-41-18-10-13-23-48(41)58-52-45-21-9-7-17-39(45)37-15-5-4-14-36(37)38-16-6-8-20-44(38)51(52)56-53(58)46(40)31-34;/h4-30H,1-3H3;/q-2;+2. The molecule has 6 heteroatoms. The van der Waals surface area contributed by atoms with Crippen molar-refractivity contribution in [2.24, 2.45) is 0 Å². The Bertz CT molecular complexity index is 3530. The van der Waals surface area contributed by atoms with Crippen LogP contribution in [-0.4, -0.2) is 18.9 Å². The van der Waals surface area contributed by atoms with E-state index in [4.69, 9.17) is 14.7 Å². The zero-order chi connectivity index (χ0) is 39.4. The monoisotopic (exact) mass is 951 g/mol. The van der Waals surface area contributed by atoms with Crippen molar-refractivity contribution in [1.82, 2.24) is 18.9 Å². The van der Waals surface area contributed by atoms with E-state index in [1.165, 1.54) is 22.3 Å². The predicted octanol–water partition coefficient (Wildman–Crippen LogP) is 13.8. The summed E-state index contributed by atoms with van der Waals surface area (Å²) in [7, 11) is 0. The Morgan fingerprint density at radius 1 is 0.533 bits per heavy atom. The molecule has 0 atom stereocenters. The maximum absolute atomic E-state index is 6.74. The first-order valence-corrected chi connectivity index (χ1v) is 20.1. The zero-order valence-electron chi connectivity index (χ0n) is 33.1. The molecular formula is C54H36N4OPt. The normalized spacial score (nSPS) is 12.1. The first-order chi connectivity index (χ1) is 28.9. The number of hydrogen-bond donors (Lipinski definition) is 0. The largest absolute Gasteiger partial charge is 2.00 e. The molecule has 0 radical (unpaired) electrons. The molecule has 5 nitrogen and oxygen atoms in total. The van der Waals surface area contributed by atoms with E-state index in [2.05, 4.69) is 187 Å². The topological polar surface area (TPSA) is 44.4 Å².